The van der Waals surface area contributed by atoms with E-state index in [2.05, 4.69) is 4.98 Å². The maximum absolute atomic E-state index is 10.2. The van der Waals surface area contributed by atoms with Crippen LogP contribution < -0.4 is 0 Å². The maximum atomic E-state index is 10.2. The van der Waals surface area contributed by atoms with E-state index in [4.69, 9.17) is 4.74 Å². The summed E-state index contributed by atoms with van der Waals surface area (Å²) in [7, 11) is 0. The zero-order chi connectivity index (χ0) is 10.8. The molecule has 0 aliphatic carbocycles. The summed E-state index contributed by atoms with van der Waals surface area (Å²) in [6.07, 6.45) is 1.72. The molecule has 1 aromatic rings. The van der Waals surface area contributed by atoms with Crippen molar-refractivity contribution in [2.45, 2.75) is 32.8 Å². The van der Waals surface area contributed by atoms with E-state index in [1.165, 1.54) is 0 Å². The molecule has 1 fully saturated rings. The Morgan fingerprint density at radius 2 is 2.33 bits per heavy atom. The van der Waals surface area contributed by atoms with Crippen LogP contribution in [-0.2, 0) is 4.74 Å². The third kappa shape index (κ3) is 2.38. The highest BCUT2D eigenvalue weighted by atomic mass is 32.1. The topological polar surface area (TPSA) is 42.4 Å². The number of aromatic nitrogens is 1. The van der Waals surface area contributed by atoms with Crippen LogP contribution in [0.2, 0.25) is 0 Å². The van der Waals surface area contributed by atoms with Crippen LogP contribution in [0.3, 0.4) is 0 Å². The second-order valence-electron chi connectivity index (χ2n) is 4.10. The fourth-order valence-electron chi connectivity index (χ4n) is 2.05. The van der Waals surface area contributed by atoms with Crippen LogP contribution in [0.4, 0.5) is 0 Å². The summed E-state index contributed by atoms with van der Waals surface area (Å²) in [6.45, 7) is 5.46. The average Bonchev–Trinajstić information content (AvgIpc) is 2.58. The van der Waals surface area contributed by atoms with Gasteiger partial charge in [-0.05, 0) is 26.7 Å². The van der Waals surface area contributed by atoms with Gasteiger partial charge in [0.1, 0.15) is 0 Å². The van der Waals surface area contributed by atoms with Gasteiger partial charge in [-0.15, -0.1) is 11.3 Å². The Bertz CT molecular complexity index is 331. The van der Waals surface area contributed by atoms with E-state index >= 15 is 0 Å². The molecule has 2 rings (SSSR count). The average molecular weight is 227 g/mol. The fraction of sp³-hybridized carbons (Fsp3) is 0.727. The SMILES string of the molecule is Cc1nc(C)c(C(O)C2CCCOC2)s1. The van der Waals surface area contributed by atoms with E-state index in [1.807, 2.05) is 13.8 Å². The molecule has 2 atom stereocenters. The largest absolute Gasteiger partial charge is 0.387 e. The Balaban J connectivity index is 2.12. The van der Waals surface area contributed by atoms with Crippen LogP contribution in [0.5, 0.6) is 0 Å². The Morgan fingerprint density at radius 1 is 1.53 bits per heavy atom. The van der Waals surface area contributed by atoms with Crippen LogP contribution in [-0.4, -0.2) is 23.3 Å². The van der Waals surface area contributed by atoms with Gasteiger partial charge >= 0.3 is 0 Å². The van der Waals surface area contributed by atoms with E-state index in [0.717, 1.165) is 35.0 Å². The summed E-state index contributed by atoms with van der Waals surface area (Å²) < 4.78 is 5.40. The predicted molar refractivity (Wildman–Crippen MR) is 60.1 cm³/mol. The smallest absolute Gasteiger partial charge is 0.0950 e. The van der Waals surface area contributed by atoms with Gasteiger partial charge in [0, 0.05) is 12.5 Å². The van der Waals surface area contributed by atoms with Crippen LogP contribution >= 0.6 is 11.3 Å². The lowest BCUT2D eigenvalue weighted by atomic mass is 9.94. The van der Waals surface area contributed by atoms with E-state index in [1.54, 1.807) is 11.3 Å². The van der Waals surface area contributed by atoms with Crippen molar-refractivity contribution in [1.82, 2.24) is 4.98 Å². The first-order valence-corrected chi connectivity index (χ1v) is 6.20. The van der Waals surface area contributed by atoms with Crippen molar-refractivity contribution in [1.29, 1.82) is 0 Å². The molecule has 1 aliphatic rings. The standard InChI is InChI=1S/C11H17NO2S/c1-7-11(15-8(2)12-7)10(13)9-4-3-5-14-6-9/h9-10,13H,3-6H2,1-2H3. The molecule has 1 aliphatic heterocycles. The summed E-state index contributed by atoms with van der Waals surface area (Å²) in [4.78, 5) is 5.36. The van der Waals surface area contributed by atoms with Crippen molar-refractivity contribution in [3.8, 4) is 0 Å². The first-order chi connectivity index (χ1) is 7.18. The lowest BCUT2D eigenvalue weighted by molar-refractivity contribution is -0.00890. The Labute approximate surface area is 94.1 Å². The van der Waals surface area contributed by atoms with Gasteiger partial charge in [0.2, 0.25) is 0 Å². The van der Waals surface area contributed by atoms with Crippen molar-refractivity contribution in [2.24, 2.45) is 5.92 Å². The molecule has 0 aromatic carbocycles. The molecular formula is C11H17NO2S. The molecule has 0 bridgehead atoms. The van der Waals surface area contributed by atoms with Gasteiger partial charge in [0.05, 0.1) is 28.3 Å². The van der Waals surface area contributed by atoms with Crippen LogP contribution in [0.15, 0.2) is 0 Å². The highest BCUT2D eigenvalue weighted by Gasteiger charge is 2.26. The molecule has 0 amide bonds. The predicted octanol–water partition coefficient (Wildman–Crippen LogP) is 2.22. The number of hydrogen-bond acceptors (Lipinski definition) is 4. The van der Waals surface area contributed by atoms with Gasteiger partial charge in [0.15, 0.2) is 0 Å². The third-order valence-corrected chi connectivity index (χ3v) is 3.99. The number of aliphatic hydroxyl groups excluding tert-OH is 1. The number of aliphatic hydroxyl groups is 1. The molecule has 15 heavy (non-hydrogen) atoms. The quantitative estimate of drug-likeness (QED) is 0.842. The zero-order valence-corrected chi connectivity index (χ0v) is 10.0. The molecule has 1 saturated heterocycles. The number of aryl methyl sites for hydroxylation is 2. The summed E-state index contributed by atoms with van der Waals surface area (Å²) in [5, 5.41) is 11.3. The molecule has 1 aromatic heterocycles. The first kappa shape index (κ1) is 11.0. The summed E-state index contributed by atoms with van der Waals surface area (Å²) in [5.41, 5.74) is 0.968. The monoisotopic (exact) mass is 227 g/mol. The van der Waals surface area contributed by atoms with E-state index < -0.39 is 6.10 Å². The van der Waals surface area contributed by atoms with Gasteiger partial charge in [-0.1, -0.05) is 0 Å². The van der Waals surface area contributed by atoms with Crippen LogP contribution in [0, 0.1) is 19.8 Å². The lowest BCUT2D eigenvalue weighted by Crippen LogP contribution is -2.23. The summed E-state index contributed by atoms with van der Waals surface area (Å²) >= 11 is 1.60. The minimum absolute atomic E-state index is 0.247. The molecule has 2 unspecified atom stereocenters. The summed E-state index contributed by atoms with van der Waals surface area (Å²) in [5.74, 6) is 0.247. The highest BCUT2D eigenvalue weighted by molar-refractivity contribution is 7.11. The van der Waals surface area contributed by atoms with E-state index in [9.17, 15) is 5.11 Å². The second-order valence-corrected chi connectivity index (χ2v) is 5.34. The van der Waals surface area contributed by atoms with Crippen molar-refractivity contribution in [2.75, 3.05) is 13.2 Å². The lowest BCUT2D eigenvalue weighted by Gasteiger charge is -2.26. The second kappa shape index (κ2) is 4.60. The number of ether oxygens (including phenoxy) is 1. The van der Waals surface area contributed by atoms with Crippen molar-refractivity contribution in [3.63, 3.8) is 0 Å². The molecule has 4 heteroatoms. The zero-order valence-electron chi connectivity index (χ0n) is 9.19. The molecule has 1 N–H and O–H groups in total. The molecule has 0 spiro atoms. The van der Waals surface area contributed by atoms with Crippen molar-refractivity contribution >= 4 is 11.3 Å². The molecule has 0 saturated carbocycles. The number of rotatable bonds is 2. The summed E-state index contributed by atoms with van der Waals surface area (Å²) in [6, 6.07) is 0. The van der Waals surface area contributed by atoms with Crippen LogP contribution in [0.25, 0.3) is 0 Å². The first-order valence-electron chi connectivity index (χ1n) is 5.38. The molecule has 2 heterocycles. The van der Waals surface area contributed by atoms with Gasteiger partial charge in [-0.3, -0.25) is 0 Å². The maximum Gasteiger partial charge on any atom is 0.0950 e. The van der Waals surface area contributed by atoms with Gasteiger partial charge < -0.3 is 9.84 Å². The molecule has 0 radical (unpaired) electrons. The molecule has 84 valence electrons. The fourth-order valence-corrected chi connectivity index (χ4v) is 3.06. The normalized spacial score (nSPS) is 24.1. The molecule has 3 nitrogen and oxygen atoms in total. The number of hydrogen-bond donors (Lipinski definition) is 1. The Morgan fingerprint density at radius 3 is 2.87 bits per heavy atom. The Hall–Kier alpha value is -0.450. The van der Waals surface area contributed by atoms with E-state index in [-0.39, 0.29) is 5.92 Å². The van der Waals surface area contributed by atoms with Gasteiger partial charge in [0.25, 0.3) is 0 Å². The van der Waals surface area contributed by atoms with E-state index in [0.29, 0.717) is 6.61 Å². The highest BCUT2D eigenvalue weighted by Crippen LogP contribution is 2.33. The van der Waals surface area contributed by atoms with Gasteiger partial charge in [-0.25, -0.2) is 4.98 Å². The van der Waals surface area contributed by atoms with Gasteiger partial charge in [-0.2, -0.15) is 0 Å². The van der Waals surface area contributed by atoms with Crippen molar-refractivity contribution in [3.05, 3.63) is 15.6 Å². The Kier molecular flexibility index (Phi) is 3.38. The van der Waals surface area contributed by atoms with Crippen LogP contribution in [0.1, 0.15) is 34.5 Å². The van der Waals surface area contributed by atoms with Crippen molar-refractivity contribution < 1.29 is 9.84 Å². The minimum Gasteiger partial charge on any atom is -0.387 e. The number of thiazole rings is 1. The number of nitrogens with zero attached hydrogens (tertiary/aromatic N) is 1. The third-order valence-electron chi connectivity index (χ3n) is 2.85. The minimum atomic E-state index is -0.392. The molecular weight excluding hydrogens is 210 g/mol.